The number of ether oxygens (including phenoxy) is 1. The Bertz CT molecular complexity index is 1660. The van der Waals surface area contributed by atoms with E-state index >= 15 is 0 Å². The van der Waals surface area contributed by atoms with Crippen molar-refractivity contribution in [3.63, 3.8) is 0 Å². The molecule has 0 unspecified atom stereocenters. The molecule has 0 saturated carbocycles. The summed E-state index contributed by atoms with van der Waals surface area (Å²) in [4.78, 5) is 12.5. The summed E-state index contributed by atoms with van der Waals surface area (Å²) in [5, 5.41) is 0.820. The first-order valence-corrected chi connectivity index (χ1v) is 13.3. The summed E-state index contributed by atoms with van der Waals surface area (Å²) in [6.45, 7) is 0. The number of sulfonamides is 1. The third-order valence-electron chi connectivity index (χ3n) is 6.06. The molecule has 6 nitrogen and oxygen atoms in total. The number of hydrogen-bond donors (Lipinski definition) is 0. The zero-order valence-corrected chi connectivity index (χ0v) is 21.5. The summed E-state index contributed by atoms with van der Waals surface area (Å²) < 4.78 is 74.3. The highest BCUT2D eigenvalue weighted by Gasteiger charge is 2.48. The SMILES string of the molecule is O=c1cccc2n1[C@@H](c1ccc(Cl)cc1)[C@@H](c1ccc(Cl)cc1)N2S(=O)(=O)c1ccccc1OC(F)(F)F. The summed E-state index contributed by atoms with van der Waals surface area (Å²) in [7, 11) is -4.74. The molecule has 196 valence electrons. The van der Waals surface area contributed by atoms with Crippen LogP contribution in [0.1, 0.15) is 23.2 Å². The molecule has 4 aromatic rings. The summed E-state index contributed by atoms with van der Waals surface area (Å²) in [5.74, 6) is -0.922. The number of nitrogens with zero attached hydrogens (tertiary/aromatic N) is 2. The van der Waals surface area contributed by atoms with Gasteiger partial charge in [-0.15, -0.1) is 13.2 Å². The third-order valence-corrected chi connectivity index (χ3v) is 8.39. The predicted molar refractivity (Wildman–Crippen MR) is 137 cm³/mol. The highest BCUT2D eigenvalue weighted by Crippen LogP contribution is 2.50. The van der Waals surface area contributed by atoms with Gasteiger partial charge in [-0.3, -0.25) is 9.36 Å². The van der Waals surface area contributed by atoms with E-state index in [2.05, 4.69) is 4.74 Å². The standard InChI is InChI=1S/C26H17Cl2F3N2O4S/c27-18-12-8-16(9-13-18)24-25(17-10-14-19(28)15-11-17)33(22-6-3-7-23(34)32(22)24)38(35,36)21-5-2-1-4-20(21)37-26(29,30)31/h1-15,24-25H/t24-,25+/m0/s1. The average molecular weight is 581 g/mol. The third kappa shape index (κ3) is 4.75. The number of anilines is 1. The number of benzene rings is 3. The van der Waals surface area contributed by atoms with Crippen LogP contribution in [0.5, 0.6) is 5.75 Å². The second-order valence-corrected chi connectivity index (χ2v) is 11.0. The van der Waals surface area contributed by atoms with Gasteiger partial charge in [0.1, 0.15) is 16.5 Å². The van der Waals surface area contributed by atoms with E-state index < -0.39 is 44.7 Å². The van der Waals surface area contributed by atoms with E-state index in [1.54, 1.807) is 48.5 Å². The minimum atomic E-state index is -5.13. The van der Waals surface area contributed by atoms with E-state index in [0.717, 1.165) is 16.4 Å². The molecule has 12 heteroatoms. The van der Waals surface area contributed by atoms with Crippen LogP contribution < -0.4 is 14.6 Å². The van der Waals surface area contributed by atoms with E-state index in [4.69, 9.17) is 23.2 Å². The van der Waals surface area contributed by atoms with Crippen molar-refractivity contribution in [2.45, 2.75) is 23.3 Å². The zero-order valence-electron chi connectivity index (χ0n) is 19.1. The summed E-state index contributed by atoms with van der Waals surface area (Å²) in [6.07, 6.45) is -5.13. The van der Waals surface area contributed by atoms with Gasteiger partial charge in [-0.05, 0) is 53.6 Å². The first-order valence-electron chi connectivity index (χ1n) is 11.1. The normalized spacial score (nSPS) is 17.3. The molecular formula is C26H17Cl2F3N2O4S. The average Bonchev–Trinajstić information content (AvgIpc) is 3.21. The van der Waals surface area contributed by atoms with Gasteiger partial charge in [0.2, 0.25) is 0 Å². The zero-order chi connectivity index (χ0) is 27.2. The Balaban J connectivity index is 1.80. The summed E-state index contributed by atoms with van der Waals surface area (Å²) in [5.41, 5.74) is 0.510. The Labute approximate surface area is 225 Å². The van der Waals surface area contributed by atoms with Crippen molar-refractivity contribution < 1.29 is 26.3 Å². The van der Waals surface area contributed by atoms with Gasteiger partial charge in [-0.25, -0.2) is 12.7 Å². The minimum absolute atomic E-state index is 0.0285. The van der Waals surface area contributed by atoms with Crippen LogP contribution in [0.25, 0.3) is 0 Å². The largest absolute Gasteiger partial charge is 0.573 e. The highest BCUT2D eigenvalue weighted by molar-refractivity contribution is 7.93. The highest BCUT2D eigenvalue weighted by atomic mass is 35.5. The van der Waals surface area contributed by atoms with E-state index in [-0.39, 0.29) is 5.82 Å². The molecule has 1 aromatic heterocycles. The molecule has 0 bridgehead atoms. The second kappa shape index (κ2) is 9.68. The molecule has 2 heterocycles. The van der Waals surface area contributed by atoms with Gasteiger partial charge in [0.05, 0.1) is 12.1 Å². The van der Waals surface area contributed by atoms with Gasteiger partial charge >= 0.3 is 6.36 Å². The molecule has 0 amide bonds. The smallest absolute Gasteiger partial charge is 0.404 e. The lowest BCUT2D eigenvalue weighted by Crippen LogP contribution is -2.34. The molecule has 3 aromatic carbocycles. The van der Waals surface area contributed by atoms with Gasteiger partial charge in [0.15, 0.2) is 0 Å². The second-order valence-electron chi connectivity index (χ2n) is 8.38. The monoisotopic (exact) mass is 580 g/mol. The van der Waals surface area contributed by atoms with Crippen LogP contribution in [-0.2, 0) is 10.0 Å². The molecule has 38 heavy (non-hydrogen) atoms. The number of alkyl halides is 3. The Hall–Kier alpha value is -3.47. The number of hydrogen-bond acceptors (Lipinski definition) is 4. The molecule has 0 spiro atoms. The Morgan fingerprint density at radius 1 is 0.737 bits per heavy atom. The molecule has 0 fully saturated rings. The number of rotatable bonds is 5. The molecule has 1 aliphatic rings. The van der Waals surface area contributed by atoms with Crippen LogP contribution >= 0.6 is 23.2 Å². The van der Waals surface area contributed by atoms with Crippen molar-refractivity contribution in [3.05, 3.63) is 123 Å². The molecule has 2 atom stereocenters. The van der Waals surface area contributed by atoms with Gasteiger partial charge in [-0.1, -0.05) is 65.7 Å². The topological polar surface area (TPSA) is 68.6 Å². The number of pyridine rings is 1. The lowest BCUT2D eigenvalue weighted by molar-refractivity contribution is -0.275. The Morgan fingerprint density at radius 2 is 1.29 bits per heavy atom. The first kappa shape index (κ1) is 26.1. The number of halogens is 5. The molecule has 5 rings (SSSR count). The lowest BCUT2D eigenvalue weighted by atomic mass is 9.94. The van der Waals surface area contributed by atoms with Gasteiger partial charge < -0.3 is 4.74 Å². The van der Waals surface area contributed by atoms with E-state index in [9.17, 15) is 26.4 Å². The van der Waals surface area contributed by atoms with Crippen molar-refractivity contribution >= 4 is 39.0 Å². The van der Waals surface area contributed by atoms with E-state index in [0.29, 0.717) is 21.2 Å². The molecule has 0 N–H and O–H groups in total. The quantitative estimate of drug-likeness (QED) is 0.267. The molecule has 1 aliphatic heterocycles. The number of fused-ring (bicyclic) bond motifs is 1. The fourth-order valence-electron chi connectivity index (χ4n) is 4.58. The summed E-state index contributed by atoms with van der Waals surface area (Å²) >= 11 is 12.2. The van der Waals surface area contributed by atoms with Gasteiger partial charge in [0.25, 0.3) is 15.6 Å². The van der Waals surface area contributed by atoms with Crippen LogP contribution in [0, 0.1) is 0 Å². The van der Waals surface area contributed by atoms with E-state index in [1.807, 2.05) is 0 Å². The summed E-state index contributed by atoms with van der Waals surface area (Å²) in [6, 6.07) is 19.5. The van der Waals surface area contributed by atoms with Crippen LogP contribution in [0.2, 0.25) is 10.0 Å². The predicted octanol–water partition coefficient (Wildman–Crippen LogP) is 6.59. The first-order chi connectivity index (χ1) is 18.0. The van der Waals surface area contributed by atoms with Crippen LogP contribution in [-0.4, -0.2) is 19.3 Å². The van der Waals surface area contributed by atoms with Crippen LogP contribution in [0.3, 0.4) is 0 Å². The Morgan fingerprint density at radius 3 is 1.87 bits per heavy atom. The Kier molecular flexibility index (Phi) is 6.66. The number of para-hydroxylation sites is 1. The van der Waals surface area contributed by atoms with Crippen LogP contribution in [0.4, 0.5) is 19.0 Å². The molecule has 0 aliphatic carbocycles. The molecule has 0 radical (unpaired) electrons. The minimum Gasteiger partial charge on any atom is -0.404 e. The van der Waals surface area contributed by atoms with Crippen molar-refractivity contribution in [2.75, 3.05) is 4.31 Å². The van der Waals surface area contributed by atoms with Crippen molar-refractivity contribution in [1.29, 1.82) is 0 Å². The van der Waals surface area contributed by atoms with Gasteiger partial charge in [0, 0.05) is 16.1 Å². The molecular weight excluding hydrogens is 564 g/mol. The lowest BCUT2D eigenvalue weighted by Gasteiger charge is -2.29. The van der Waals surface area contributed by atoms with Crippen molar-refractivity contribution in [1.82, 2.24) is 4.57 Å². The molecule has 0 saturated heterocycles. The van der Waals surface area contributed by atoms with E-state index in [1.165, 1.54) is 34.9 Å². The maximum atomic E-state index is 14.2. The fourth-order valence-corrected chi connectivity index (χ4v) is 6.59. The van der Waals surface area contributed by atoms with Gasteiger partial charge in [-0.2, -0.15) is 0 Å². The van der Waals surface area contributed by atoms with Crippen molar-refractivity contribution in [2.24, 2.45) is 0 Å². The maximum absolute atomic E-state index is 14.2. The van der Waals surface area contributed by atoms with Crippen LogP contribution in [0.15, 0.2) is 101 Å². The fraction of sp³-hybridized carbons (Fsp3) is 0.115. The number of aromatic nitrogens is 1. The van der Waals surface area contributed by atoms with Crippen molar-refractivity contribution in [3.8, 4) is 5.75 Å². The maximum Gasteiger partial charge on any atom is 0.573 e.